The SMILES string of the molecule is CC(OC=O)C(=O)OOC1CCCCC1. The molecule has 0 aromatic carbocycles. The molecule has 0 aromatic rings. The van der Waals surface area contributed by atoms with Crippen LogP contribution in [0.1, 0.15) is 39.0 Å². The number of carbonyl (C=O) groups is 2. The lowest BCUT2D eigenvalue weighted by atomic mass is 9.98. The summed E-state index contributed by atoms with van der Waals surface area (Å²) >= 11 is 0. The lowest BCUT2D eigenvalue weighted by Crippen LogP contribution is -2.26. The second-order valence-corrected chi connectivity index (χ2v) is 3.63. The van der Waals surface area contributed by atoms with E-state index in [1.807, 2.05) is 0 Å². The standard InChI is InChI=1S/C10H16O5/c1-8(13-7-11)10(12)15-14-9-5-3-2-4-6-9/h7-9H,2-6H2,1H3. The Morgan fingerprint density at radius 1 is 1.33 bits per heavy atom. The van der Waals surface area contributed by atoms with Gasteiger partial charge in [0.2, 0.25) is 0 Å². The Bertz CT molecular complexity index is 210. The van der Waals surface area contributed by atoms with Gasteiger partial charge in [-0.2, -0.15) is 4.89 Å². The van der Waals surface area contributed by atoms with Crippen LogP contribution < -0.4 is 0 Å². The maximum atomic E-state index is 11.1. The zero-order valence-electron chi connectivity index (χ0n) is 8.81. The fraction of sp³-hybridized carbons (Fsp3) is 0.800. The molecule has 0 amide bonds. The largest absolute Gasteiger partial charge is 0.453 e. The van der Waals surface area contributed by atoms with E-state index in [0.717, 1.165) is 25.7 Å². The minimum atomic E-state index is -0.911. The topological polar surface area (TPSA) is 61.8 Å². The average molecular weight is 216 g/mol. The molecule has 5 heteroatoms. The van der Waals surface area contributed by atoms with Crippen molar-refractivity contribution >= 4 is 12.4 Å². The Morgan fingerprint density at radius 3 is 2.60 bits per heavy atom. The van der Waals surface area contributed by atoms with E-state index in [4.69, 9.17) is 4.89 Å². The predicted octanol–water partition coefficient (Wildman–Crippen LogP) is 1.36. The Kier molecular flexibility index (Phi) is 5.10. The van der Waals surface area contributed by atoms with Gasteiger partial charge in [0, 0.05) is 0 Å². The third-order valence-corrected chi connectivity index (χ3v) is 2.41. The molecule has 86 valence electrons. The van der Waals surface area contributed by atoms with Gasteiger partial charge in [0.25, 0.3) is 6.47 Å². The summed E-state index contributed by atoms with van der Waals surface area (Å²) in [7, 11) is 0. The lowest BCUT2D eigenvalue weighted by molar-refractivity contribution is -0.306. The van der Waals surface area contributed by atoms with Crippen LogP contribution in [0.15, 0.2) is 0 Å². The highest BCUT2D eigenvalue weighted by Gasteiger charge is 2.20. The molecule has 1 saturated carbocycles. The van der Waals surface area contributed by atoms with Gasteiger partial charge in [-0.05, 0) is 19.8 Å². The average Bonchev–Trinajstić information content (AvgIpc) is 2.27. The first-order valence-corrected chi connectivity index (χ1v) is 5.20. The van der Waals surface area contributed by atoms with Crippen molar-refractivity contribution in [3.05, 3.63) is 0 Å². The van der Waals surface area contributed by atoms with Gasteiger partial charge >= 0.3 is 5.97 Å². The highest BCUT2D eigenvalue weighted by Crippen LogP contribution is 2.20. The van der Waals surface area contributed by atoms with E-state index in [0.29, 0.717) is 0 Å². The molecule has 1 aliphatic rings. The first-order chi connectivity index (χ1) is 7.24. The van der Waals surface area contributed by atoms with Crippen LogP contribution >= 0.6 is 0 Å². The third kappa shape index (κ3) is 4.29. The fourth-order valence-electron chi connectivity index (χ4n) is 1.48. The van der Waals surface area contributed by atoms with E-state index in [2.05, 4.69) is 9.62 Å². The van der Waals surface area contributed by atoms with Gasteiger partial charge in [0.1, 0.15) is 6.10 Å². The van der Waals surface area contributed by atoms with Crippen molar-refractivity contribution < 1.29 is 24.1 Å². The summed E-state index contributed by atoms with van der Waals surface area (Å²) in [4.78, 5) is 30.6. The van der Waals surface area contributed by atoms with E-state index in [-0.39, 0.29) is 12.6 Å². The van der Waals surface area contributed by atoms with E-state index in [1.165, 1.54) is 13.3 Å². The normalized spacial score (nSPS) is 19.3. The summed E-state index contributed by atoms with van der Waals surface area (Å²) in [5.74, 6) is -0.673. The Balaban J connectivity index is 2.17. The van der Waals surface area contributed by atoms with Gasteiger partial charge in [-0.25, -0.2) is 4.79 Å². The summed E-state index contributed by atoms with van der Waals surface area (Å²) in [5.41, 5.74) is 0. The Labute approximate surface area is 88.6 Å². The van der Waals surface area contributed by atoms with E-state index in [9.17, 15) is 9.59 Å². The van der Waals surface area contributed by atoms with Crippen molar-refractivity contribution in [1.29, 1.82) is 0 Å². The molecule has 5 nitrogen and oxygen atoms in total. The molecule has 0 radical (unpaired) electrons. The third-order valence-electron chi connectivity index (χ3n) is 2.41. The van der Waals surface area contributed by atoms with Crippen LogP contribution in [0.3, 0.4) is 0 Å². The smallest absolute Gasteiger partial charge is 0.382 e. The maximum absolute atomic E-state index is 11.1. The molecule has 1 rings (SSSR count). The second kappa shape index (κ2) is 6.40. The minimum absolute atomic E-state index is 0.00821. The highest BCUT2D eigenvalue weighted by atomic mass is 17.2. The minimum Gasteiger partial charge on any atom is -0.453 e. The molecule has 0 aromatic heterocycles. The maximum Gasteiger partial charge on any atom is 0.382 e. The van der Waals surface area contributed by atoms with Gasteiger partial charge in [0.05, 0.1) is 0 Å². The van der Waals surface area contributed by atoms with E-state index in [1.54, 1.807) is 0 Å². The van der Waals surface area contributed by atoms with Crippen LogP contribution in [0, 0.1) is 0 Å². The molecular formula is C10H16O5. The number of ether oxygens (including phenoxy) is 1. The molecule has 0 spiro atoms. The molecule has 0 N–H and O–H groups in total. The van der Waals surface area contributed by atoms with Gasteiger partial charge in [0.15, 0.2) is 6.10 Å². The molecule has 0 bridgehead atoms. The monoisotopic (exact) mass is 216 g/mol. The van der Waals surface area contributed by atoms with Gasteiger partial charge in [-0.3, -0.25) is 9.68 Å². The summed E-state index contributed by atoms with van der Waals surface area (Å²) in [6, 6.07) is 0. The molecule has 1 unspecified atom stereocenters. The zero-order chi connectivity index (χ0) is 11.1. The summed E-state index contributed by atoms with van der Waals surface area (Å²) < 4.78 is 4.41. The molecular weight excluding hydrogens is 200 g/mol. The van der Waals surface area contributed by atoms with Crippen molar-refractivity contribution in [2.75, 3.05) is 0 Å². The Hall–Kier alpha value is -1.10. The van der Waals surface area contributed by atoms with Crippen LogP contribution in [0.2, 0.25) is 0 Å². The molecule has 0 saturated heterocycles. The van der Waals surface area contributed by atoms with Crippen LogP contribution in [0.25, 0.3) is 0 Å². The quantitative estimate of drug-likeness (QED) is 0.394. The Morgan fingerprint density at radius 2 is 2.00 bits per heavy atom. The number of hydrogen-bond donors (Lipinski definition) is 0. The van der Waals surface area contributed by atoms with Crippen molar-refractivity contribution in [3.8, 4) is 0 Å². The number of rotatable bonds is 5. The van der Waals surface area contributed by atoms with Crippen LogP contribution in [-0.2, 0) is 24.1 Å². The van der Waals surface area contributed by atoms with E-state index >= 15 is 0 Å². The predicted molar refractivity (Wildman–Crippen MR) is 50.7 cm³/mol. The van der Waals surface area contributed by atoms with Crippen LogP contribution in [0.4, 0.5) is 0 Å². The van der Waals surface area contributed by atoms with Crippen molar-refractivity contribution in [2.24, 2.45) is 0 Å². The van der Waals surface area contributed by atoms with Gasteiger partial charge in [-0.15, -0.1) is 0 Å². The fourth-order valence-corrected chi connectivity index (χ4v) is 1.48. The summed E-state index contributed by atoms with van der Waals surface area (Å²) in [6.45, 7) is 1.65. The molecule has 1 fully saturated rings. The van der Waals surface area contributed by atoms with Gasteiger partial charge < -0.3 is 4.74 Å². The van der Waals surface area contributed by atoms with Crippen molar-refractivity contribution in [2.45, 2.75) is 51.2 Å². The lowest BCUT2D eigenvalue weighted by Gasteiger charge is -2.20. The second-order valence-electron chi connectivity index (χ2n) is 3.63. The molecule has 1 atom stereocenters. The van der Waals surface area contributed by atoms with Crippen molar-refractivity contribution in [3.63, 3.8) is 0 Å². The van der Waals surface area contributed by atoms with Crippen LogP contribution in [0.5, 0.6) is 0 Å². The van der Waals surface area contributed by atoms with E-state index < -0.39 is 12.1 Å². The van der Waals surface area contributed by atoms with Crippen molar-refractivity contribution in [1.82, 2.24) is 0 Å². The summed E-state index contributed by atoms with van der Waals surface area (Å²) in [5, 5.41) is 0. The van der Waals surface area contributed by atoms with Gasteiger partial charge in [-0.1, -0.05) is 19.3 Å². The number of hydrogen-bond acceptors (Lipinski definition) is 5. The molecule has 1 aliphatic carbocycles. The van der Waals surface area contributed by atoms with Crippen LogP contribution in [-0.4, -0.2) is 24.6 Å². The molecule has 15 heavy (non-hydrogen) atoms. The first kappa shape index (κ1) is 12.0. The summed E-state index contributed by atoms with van der Waals surface area (Å²) in [6.07, 6.45) is 4.31. The zero-order valence-corrected chi connectivity index (χ0v) is 8.81. The molecule has 0 heterocycles. The number of carbonyl (C=O) groups excluding carboxylic acids is 2. The first-order valence-electron chi connectivity index (χ1n) is 5.20. The highest BCUT2D eigenvalue weighted by molar-refractivity contribution is 5.74. The molecule has 0 aliphatic heterocycles.